The molecule has 1 spiro atoms. The molecule has 1 saturated carbocycles. The monoisotopic (exact) mass is 610 g/mol. The van der Waals surface area contributed by atoms with Gasteiger partial charge in [-0.15, -0.1) is 0 Å². The summed E-state index contributed by atoms with van der Waals surface area (Å²) < 4.78 is 85.3. The van der Waals surface area contributed by atoms with Gasteiger partial charge in [-0.2, -0.15) is 23.1 Å². The van der Waals surface area contributed by atoms with Gasteiger partial charge in [0.15, 0.2) is 5.82 Å². The minimum Gasteiger partial charge on any atom is -0.477 e. The number of nitrogens with zero attached hydrogens (tertiary/aromatic N) is 5. The highest BCUT2D eigenvalue weighted by Crippen LogP contribution is 2.51. The lowest BCUT2D eigenvalue weighted by Crippen LogP contribution is -2.43. The van der Waals surface area contributed by atoms with E-state index in [0.717, 1.165) is 44.4 Å². The summed E-state index contributed by atoms with van der Waals surface area (Å²) in [7, 11) is 1.83. The van der Waals surface area contributed by atoms with E-state index >= 15 is 4.39 Å². The maximum absolute atomic E-state index is 16.5. The molecule has 42 heavy (non-hydrogen) atoms. The van der Waals surface area contributed by atoms with Gasteiger partial charge in [0.1, 0.15) is 35.2 Å². The molecule has 0 amide bonds. The molecule has 0 unspecified atom stereocenters. The number of aromatic nitrogens is 3. The van der Waals surface area contributed by atoms with E-state index in [9.17, 15) is 17.6 Å². The molecule has 5 heterocycles. The third-order valence-corrected chi connectivity index (χ3v) is 9.56. The molecule has 1 aliphatic carbocycles. The van der Waals surface area contributed by atoms with Crippen LogP contribution in [0.15, 0.2) is 12.1 Å². The largest absolute Gasteiger partial charge is 0.477 e. The van der Waals surface area contributed by atoms with Crippen molar-refractivity contribution in [2.75, 3.05) is 44.0 Å². The Morgan fingerprint density at radius 2 is 1.95 bits per heavy atom. The second-order valence-corrected chi connectivity index (χ2v) is 12.2. The van der Waals surface area contributed by atoms with Gasteiger partial charge < -0.3 is 20.1 Å². The molecule has 14 heteroatoms. The lowest BCUT2D eigenvalue weighted by Gasteiger charge is -2.33. The molecule has 224 valence electrons. The van der Waals surface area contributed by atoms with Crippen LogP contribution in [0.25, 0.3) is 22.2 Å². The highest BCUT2D eigenvalue weighted by atomic mass is 35.5. The fourth-order valence-corrected chi connectivity index (χ4v) is 7.24. The van der Waals surface area contributed by atoms with Crippen LogP contribution in [0.2, 0.25) is 5.02 Å². The summed E-state index contributed by atoms with van der Waals surface area (Å²) >= 11 is 5.97. The zero-order valence-electron chi connectivity index (χ0n) is 22.7. The minimum atomic E-state index is -4.93. The van der Waals surface area contributed by atoms with E-state index in [2.05, 4.69) is 19.9 Å². The molecule has 1 aromatic carbocycles. The van der Waals surface area contributed by atoms with Crippen molar-refractivity contribution >= 4 is 34.0 Å². The number of halogens is 6. The maximum Gasteiger partial charge on any atom is 0.418 e. The number of hydrogen-bond acceptors (Lipinski definition) is 8. The highest BCUT2D eigenvalue weighted by Gasteiger charge is 2.51. The molecule has 3 aromatic rings. The number of anilines is 2. The maximum atomic E-state index is 16.5. The number of hydrogen-bond donors (Lipinski definition) is 1. The fourth-order valence-electron chi connectivity index (χ4n) is 6.90. The third-order valence-electron chi connectivity index (χ3n) is 9.26. The van der Waals surface area contributed by atoms with Gasteiger partial charge in [-0.25, -0.2) is 13.8 Å². The first kappa shape index (κ1) is 27.6. The molecule has 3 fully saturated rings. The van der Waals surface area contributed by atoms with E-state index in [0.29, 0.717) is 25.2 Å². The van der Waals surface area contributed by atoms with E-state index in [-0.39, 0.29) is 47.2 Å². The van der Waals surface area contributed by atoms with Crippen LogP contribution in [0.4, 0.5) is 33.5 Å². The van der Waals surface area contributed by atoms with Crippen molar-refractivity contribution in [3.05, 3.63) is 28.5 Å². The van der Waals surface area contributed by atoms with Crippen LogP contribution < -0.4 is 20.1 Å². The second kappa shape index (κ2) is 9.40. The Morgan fingerprint density at radius 1 is 1.17 bits per heavy atom. The van der Waals surface area contributed by atoms with Crippen molar-refractivity contribution in [3.63, 3.8) is 0 Å². The van der Waals surface area contributed by atoms with Crippen molar-refractivity contribution in [1.29, 1.82) is 0 Å². The molecule has 0 radical (unpaired) electrons. The first-order valence-electron chi connectivity index (χ1n) is 13.9. The fraction of sp³-hybridized carbons (Fsp3) is 0.536. The van der Waals surface area contributed by atoms with Crippen LogP contribution >= 0.6 is 11.6 Å². The zero-order valence-corrected chi connectivity index (χ0v) is 23.5. The molecule has 8 nitrogen and oxygen atoms in total. The molecule has 2 aromatic heterocycles. The van der Waals surface area contributed by atoms with Gasteiger partial charge in [-0.1, -0.05) is 11.6 Å². The number of ether oxygens (including phenoxy) is 2. The van der Waals surface area contributed by atoms with Gasteiger partial charge in [0.25, 0.3) is 0 Å². The molecule has 3 aliphatic heterocycles. The number of fused-ring (bicyclic) bond motifs is 1. The summed E-state index contributed by atoms with van der Waals surface area (Å²) in [5.41, 5.74) is 2.10. The van der Waals surface area contributed by atoms with Crippen molar-refractivity contribution < 1.29 is 31.4 Å². The van der Waals surface area contributed by atoms with E-state index in [4.69, 9.17) is 26.8 Å². The van der Waals surface area contributed by atoms with Crippen LogP contribution in [0.5, 0.6) is 11.9 Å². The van der Waals surface area contributed by atoms with E-state index in [1.807, 2.05) is 11.9 Å². The molecule has 7 rings (SSSR count). The average Bonchev–Trinajstić information content (AvgIpc) is 3.51. The molecule has 2 N–H and O–H groups in total. The van der Waals surface area contributed by atoms with Gasteiger partial charge in [0.05, 0.1) is 22.7 Å². The van der Waals surface area contributed by atoms with Crippen molar-refractivity contribution in [3.8, 4) is 23.1 Å². The Balaban J connectivity index is 1.41. The van der Waals surface area contributed by atoms with Gasteiger partial charge in [0, 0.05) is 43.2 Å². The Hall–Kier alpha value is -3.19. The number of nitrogens with two attached hydrogens (primary N) is 1. The van der Waals surface area contributed by atoms with Crippen LogP contribution in [0.3, 0.4) is 0 Å². The van der Waals surface area contributed by atoms with Crippen LogP contribution in [-0.2, 0) is 6.18 Å². The Labute approximate surface area is 242 Å². The van der Waals surface area contributed by atoms with Crippen LogP contribution in [0.1, 0.15) is 44.1 Å². The van der Waals surface area contributed by atoms with Gasteiger partial charge >= 0.3 is 12.2 Å². The van der Waals surface area contributed by atoms with E-state index in [1.54, 1.807) is 0 Å². The number of nitrogen functional groups attached to an aromatic ring is 1. The summed E-state index contributed by atoms with van der Waals surface area (Å²) in [4.78, 5) is 17.2. The van der Waals surface area contributed by atoms with Crippen molar-refractivity contribution in [2.45, 2.75) is 62.0 Å². The zero-order chi connectivity index (χ0) is 29.6. The van der Waals surface area contributed by atoms with Crippen LogP contribution in [0, 0.1) is 5.82 Å². The normalized spacial score (nSPS) is 24.9. The quantitative estimate of drug-likeness (QED) is 0.293. The van der Waals surface area contributed by atoms with Gasteiger partial charge in [-0.05, 0) is 44.4 Å². The third kappa shape index (κ3) is 4.30. The van der Waals surface area contributed by atoms with Crippen LogP contribution in [-0.4, -0.2) is 70.5 Å². The SMILES string of the molecule is CN1c2nc(OC[C@@]34CCCN3C[C@H](F)C4)nc3c(F)c(-c4cc(N)cc(Cl)c4C(F)(F)F)nc(c23)OCCC12CC2. The summed E-state index contributed by atoms with van der Waals surface area (Å²) in [5, 5.41) is -0.556. The number of alkyl halides is 4. The predicted octanol–water partition coefficient (Wildman–Crippen LogP) is 5.79. The Kier molecular flexibility index (Phi) is 6.19. The van der Waals surface area contributed by atoms with Crippen molar-refractivity contribution in [1.82, 2.24) is 19.9 Å². The second-order valence-electron chi connectivity index (χ2n) is 11.8. The summed E-state index contributed by atoms with van der Waals surface area (Å²) in [6, 6.07) is 1.77. The molecular formula is C28H28ClF5N6O2. The molecule has 0 bridgehead atoms. The molecule has 4 aliphatic rings. The lowest BCUT2D eigenvalue weighted by atomic mass is 9.95. The summed E-state index contributed by atoms with van der Waals surface area (Å²) in [5.74, 6) is -0.923. The summed E-state index contributed by atoms with van der Waals surface area (Å²) in [6.45, 7) is 1.39. The number of benzene rings is 1. The van der Waals surface area contributed by atoms with Gasteiger partial charge in [0.2, 0.25) is 5.88 Å². The molecule has 2 atom stereocenters. The molecule has 2 saturated heterocycles. The predicted molar refractivity (Wildman–Crippen MR) is 146 cm³/mol. The van der Waals surface area contributed by atoms with E-state index < -0.39 is 45.5 Å². The Bertz CT molecular complexity index is 1600. The van der Waals surface area contributed by atoms with E-state index in [1.165, 1.54) is 0 Å². The number of rotatable bonds is 4. The standard InChI is InChI=1S/C28H28ClF5N6O2/c1-39-23-18-22(37-25(38-23)42-13-27-3-2-7-40(27)12-14(30)11-27)20(31)21(36-24(18)41-8-6-26(39)4-5-26)16-9-15(35)10-17(29)19(16)28(32,33)34/h9-10,14H,2-8,11-13,35H2,1H3/t14-,27+/m1/s1. The lowest BCUT2D eigenvalue weighted by molar-refractivity contribution is -0.137. The first-order valence-corrected chi connectivity index (χ1v) is 14.3. The highest BCUT2D eigenvalue weighted by molar-refractivity contribution is 6.32. The minimum absolute atomic E-state index is 0.0964. The Morgan fingerprint density at radius 3 is 2.69 bits per heavy atom. The molecular weight excluding hydrogens is 583 g/mol. The first-order chi connectivity index (χ1) is 19.9. The van der Waals surface area contributed by atoms with Crippen molar-refractivity contribution in [2.24, 2.45) is 0 Å². The smallest absolute Gasteiger partial charge is 0.418 e. The topological polar surface area (TPSA) is 89.6 Å². The summed E-state index contributed by atoms with van der Waals surface area (Å²) in [6.07, 6.45) is -1.61. The average molecular weight is 611 g/mol. The van der Waals surface area contributed by atoms with Gasteiger partial charge in [-0.3, -0.25) is 4.90 Å². The number of pyridine rings is 1.